The molecule has 0 aliphatic carbocycles. The van der Waals surface area contributed by atoms with Crippen LogP contribution in [-0.2, 0) is 9.59 Å². The van der Waals surface area contributed by atoms with Crippen molar-refractivity contribution in [2.24, 2.45) is 0 Å². The van der Waals surface area contributed by atoms with Crippen LogP contribution in [0.5, 0.6) is 0 Å². The van der Waals surface area contributed by atoms with Crippen LogP contribution in [0.2, 0.25) is 0 Å². The lowest BCUT2D eigenvalue weighted by molar-refractivity contribution is 0.569. The zero-order valence-corrected chi connectivity index (χ0v) is 17.4. The molecule has 2 aromatic carbocycles. The number of rotatable bonds is 5. The molecule has 2 aromatic heterocycles. The zero-order chi connectivity index (χ0) is 20.2. The van der Waals surface area contributed by atoms with E-state index in [0.29, 0.717) is 16.8 Å². The summed E-state index contributed by atoms with van der Waals surface area (Å²) in [4.78, 5) is 35.9. The van der Waals surface area contributed by atoms with Crippen molar-refractivity contribution >= 4 is 51.1 Å². The van der Waals surface area contributed by atoms with E-state index in [4.69, 9.17) is 0 Å². The molecule has 0 bridgehead atoms. The maximum Gasteiger partial charge on any atom is 0.146 e. The van der Waals surface area contributed by atoms with Crippen LogP contribution in [0.4, 0.5) is 0 Å². The second kappa shape index (κ2) is 8.49. The van der Waals surface area contributed by atoms with Crippen molar-refractivity contribution in [3.63, 3.8) is 0 Å². The molecule has 0 fully saturated rings. The van der Waals surface area contributed by atoms with Gasteiger partial charge in [0.05, 0.1) is 18.1 Å². The summed E-state index contributed by atoms with van der Waals surface area (Å²) in [5, 5.41) is 2.20. The van der Waals surface area contributed by atoms with E-state index in [0.717, 1.165) is 45.2 Å². The van der Waals surface area contributed by atoms with Gasteiger partial charge in [-0.3, -0.25) is 9.59 Å². The first-order chi connectivity index (χ1) is 14.2. The minimum atomic E-state index is 0.0135. The number of H-pyrrole nitrogens is 2. The minimum Gasteiger partial charge on any atom is -0.338 e. The molecule has 0 spiro atoms. The fourth-order valence-corrected chi connectivity index (χ4v) is 3.94. The van der Waals surface area contributed by atoms with Gasteiger partial charge in [-0.2, -0.15) is 0 Å². The first kappa shape index (κ1) is 19.2. The molecule has 29 heavy (non-hydrogen) atoms. The van der Waals surface area contributed by atoms with Gasteiger partial charge < -0.3 is 9.97 Å². The standard InChI is InChI=1S/C21H16N4O2P2/c1-13-6-16-7-14(3-5-17-9-22-20(24-17)28-11-26)2-4-15(16)8-18(13)19-10-23-21(25-19)29-12-27/h2,4,6-12,28-29H,1H3,(H,22,24)(H,23,25). The molecule has 142 valence electrons. The van der Waals surface area contributed by atoms with Crippen molar-refractivity contribution in [2.45, 2.75) is 6.92 Å². The number of aryl methyl sites for hydroxylation is 1. The van der Waals surface area contributed by atoms with Gasteiger partial charge in [0.15, 0.2) is 0 Å². The number of hydrogen-bond acceptors (Lipinski definition) is 4. The molecule has 0 saturated carbocycles. The van der Waals surface area contributed by atoms with E-state index in [1.807, 2.05) is 12.1 Å². The first-order valence-electron chi connectivity index (χ1n) is 8.73. The molecule has 2 heterocycles. The monoisotopic (exact) mass is 418 g/mol. The number of carbonyl (C=O) groups is 2. The lowest BCUT2D eigenvalue weighted by Gasteiger charge is -2.07. The molecule has 2 N–H and O–H groups in total. The summed E-state index contributed by atoms with van der Waals surface area (Å²) in [6, 6.07) is 12.0. The van der Waals surface area contributed by atoms with Gasteiger partial charge in [0.1, 0.15) is 28.9 Å². The van der Waals surface area contributed by atoms with Gasteiger partial charge in [-0.25, -0.2) is 9.97 Å². The molecule has 0 aliphatic rings. The van der Waals surface area contributed by atoms with Crippen LogP contribution in [0.3, 0.4) is 0 Å². The van der Waals surface area contributed by atoms with Crippen LogP contribution in [0, 0.1) is 18.8 Å². The number of fused-ring (bicyclic) bond motifs is 1. The Hall–Kier alpha value is -3.12. The minimum absolute atomic E-state index is 0.0135. The van der Waals surface area contributed by atoms with Gasteiger partial charge in [0, 0.05) is 28.3 Å². The van der Waals surface area contributed by atoms with E-state index in [1.165, 1.54) is 0 Å². The van der Waals surface area contributed by atoms with E-state index in [9.17, 15) is 9.59 Å². The number of benzene rings is 2. The summed E-state index contributed by atoms with van der Waals surface area (Å²) < 4.78 is 0. The van der Waals surface area contributed by atoms with Crippen LogP contribution >= 0.6 is 17.2 Å². The van der Waals surface area contributed by atoms with Crippen LogP contribution in [0.25, 0.3) is 22.0 Å². The summed E-state index contributed by atoms with van der Waals surface area (Å²) in [7, 11) is 0.0453. The van der Waals surface area contributed by atoms with E-state index in [-0.39, 0.29) is 17.2 Å². The molecule has 4 aromatic rings. The third kappa shape index (κ3) is 4.32. The summed E-state index contributed by atoms with van der Waals surface area (Å²) in [6.07, 6.45) is 3.41. The van der Waals surface area contributed by atoms with Crippen molar-refractivity contribution < 1.29 is 9.59 Å². The lowest BCUT2D eigenvalue weighted by Crippen LogP contribution is -1.98. The molecule has 0 radical (unpaired) electrons. The summed E-state index contributed by atoms with van der Waals surface area (Å²) in [5.41, 5.74) is 6.00. The lowest BCUT2D eigenvalue weighted by atomic mass is 9.98. The number of imidazole rings is 2. The van der Waals surface area contributed by atoms with Crippen molar-refractivity contribution in [3.05, 3.63) is 59.5 Å². The molecular weight excluding hydrogens is 402 g/mol. The van der Waals surface area contributed by atoms with Gasteiger partial charge in [-0.05, 0) is 47.4 Å². The fourth-order valence-electron chi connectivity index (χ4n) is 3.02. The molecule has 8 heteroatoms. The van der Waals surface area contributed by atoms with Crippen LogP contribution in [-0.4, -0.2) is 32.0 Å². The number of nitrogens with one attached hydrogen (secondary N) is 2. The van der Waals surface area contributed by atoms with Crippen molar-refractivity contribution in [1.82, 2.24) is 19.9 Å². The fraction of sp³-hybridized carbons (Fsp3) is 0.0476. The molecule has 4 rings (SSSR count). The van der Waals surface area contributed by atoms with Crippen LogP contribution in [0.15, 0.2) is 42.7 Å². The molecule has 2 unspecified atom stereocenters. The third-order valence-electron chi connectivity index (χ3n) is 4.36. The largest absolute Gasteiger partial charge is 0.338 e. The summed E-state index contributed by atoms with van der Waals surface area (Å²) in [6.45, 7) is 2.05. The molecular formula is C21H16N4O2P2. The SMILES string of the molecule is Cc1cc2cc(C#Cc3cnc(PC=O)[nH]3)ccc2cc1-c1cnc(PC=O)[nH]1. The maximum absolute atomic E-state index is 10.7. The van der Waals surface area contributed by atoms with Crippen LogP contribution < -0.4 is 11.1 Å². The quantitative estimate of drug-likeness (QED) is 0.296. The van der Waals surface area contributed by atoms with Gasteiger partial charge in [-0.1, -0.05) is 18.1 Å². The van der Waals surface area contributed by atoms with Crippen molar-refractivity contribution in [2.75, 3.05) is 0 Å². The van der Waals surface area contributed by atoms with E-state index < -0.39 is 0 Å². The predicted molar refractivity (Wildman–Crippen MR) is 120 cm³/mol. The maximum atomic E-state index is 10.7. The zero-order valence-electron chi connectivity index (χ0n) is 15.4. The highest BCUT2D eigenvalue weighted by atomic mass is 31.1. The number of hydrogen-bond donors (Lipinski definition) is 2. The number of carbonyl (C=O) groups excluding carboxylic acids is 2. The Morgan fingerprint density at radius 1 is 0.897 bits per heavy atom. The molecule has 0 aliphatic heterocycles. The highest BCUT2D eigenvalue weighted by molar-refractivity contribution is 7.62. The van der Waals surface area contributed by atoms with Gasteiger partial charge in [-0.15, -0.1) is 0 Å². The van der Waals surface area contributed by atoms with Crippen LogP contribution in [0.1, 0.15) is 16.8 Å². The summed E-state index contributed by atoms with van der Waals surface area (Å²) >= 11 is 0. The van der Waals surface area contributed by atoms with E-state index in [1.54, 1.807) is 12.4 Å². The number of nitrogens with zero attached hydrogens (tertiary/aromatic N) is 2. The second-order valence-electron chi connectivity index (χ2n) is 6.29. The van der Waals surface area contributed by atoms with Gasteiger partial charge >= 0.3 is 0 Å². The average molecular weight is 418 g/mol. The Kier molecular flexibility index (Phi) is 5.62. The van der Waals surface area contributed by atoms with Crippen molar-refractivity contribution in [1.29, 1.82) is 0 Å². The topological polar surface area (TPSA) is 91.5 Å². The summed E-state index contributed by atoms with van der Waals surface area (Å²) in [5.74, 6) is 6.19. The average Bonchev–Trinajstić information content (AvgIpc) is 3.36. The van der Waals surface area contributed by atoms with Crippen molar-refractivity contribution in [3.8, 4) is 23.1 Å². The Labute approximate surface area is 170 Å². The number of aromatic amines is 2. The third-order valence-corrected chi connectivity index (χ3v) is 5.65. The highest BCUT2D eigenvalue weighted by Gasteiger charge is 2.08. The molecule has 0 amide bonds. The predicted octanol–water partition coefficient (Wildman–Crippen LogP) is 2.65. The van der Waals surface area contributed by atoms with E-state index >= 15 is 0 Å². The van der Waals surface area contributed by atoms with Gasteiger partial charge in [0.25, 0.3) is 0 Å². The molecule has 0 saturated heterocycles. The normalized spacial score (nSPS) is 11.3. The Bertz CT molecular complexity index is 1280. The first-order valence-corrected chi connectivity index (χ1v) is 10.9. The van der Waals surface area contributed by atoms with Gasteiger partial charge in [0.2, 0.25) is 0 Å². The highest BCUT2D eigenvalue weighted by Crippen LogP contribution is 2.27. The Balaban J connectivity index is 1.64. The molecule has 2 atom stereocenters. The number of aromatic nitrogens is 4. The Morgan fingerprint density at radius 2 is 1.66 bits per heavy atom. The second-order valence-corrected chi connectivity index (χ2v) is 8.29. The smallest absolute Gasteiger partial charge is 0.146 e. The van der Waals surface area contributed by atoms with E-state index in [2.05, 4.69) is 56.9 Å². The Morgan fingerprint density at radius 3 is 2.45 bits per heavy atom. The molecule has 6 nitrogen and oxygen atoms in total.